The molecule has 0 bridgehead atoms. The number of H-pyrrole nitrogens is 1. The molecule has 0 radical (unpaired) electrons. The van der Waals surface area contributed by atoms with Crippen LogP contribution in [0, 0.1) is 0 Å². The number of aromatic amines is 1. The molecule has 3 rings (SSSR count). The van der Waals surface area contributed by atoms with E-state index in [4.69, 9.17) is 0 Å². The summed E-state index contributed by atoms with van der Waals surface area (Å²) in [6.07, 6.45) is 3.58. The average molecular weight is 221 g/mol. The van der Waals surface area contributed by atoms with E-state index >= 15 is 0 Å². The van der Waals surface area contributed by atoms with Gasteiger partial charge in [-0.3, -0.25) is 9.97 Å². The van der Waals surface area contributed by atoms with Crippen LogP contribution in [0.2, 0.25) is 0 Å². The SMILES string of the molecule is c1ccc(-c2ccc(-c3ccccn3)[nH]2)nc1. The number of aromatic nitrogens is 3. The third kappa shape index (κ3) is 1.95. The van der Waals surface area contributed by atoms with Crippen molar-refractivity contribution < 1.29 is 0 Å². The lowest BCUT2D eigenvalue weighted by atomic mass is 10.3. The predicted octanol–water partition coefficient (Wildman–Crippen LogP) is 3.14. The maximum absolute atomic E-state index is 4.30. The van der Waals surface area contributed by atoms with Gasteiger partial charge in [0.05, 0.1) is 22.8 Å². The van der Waals surface area contributed by atoms with Crippen molar-refractivity contribution >= 4 is 0 Å². The fraction of sp³-hybridized carbons (Fsp3) is 0. The zero-order chi connectivity index (χ0) is 11.5. The summed E-state index contributed by atoms with van der Waals surface area (Å²) in [5.41, 5.74) is 3.89. The lowest BCUT2D eigenvalue weighted by molar-refractivity contribution is 1.25. The molecule has 0 saturated heterocycles. The van der Waals surface area contributed by atoms with Crippen molar-refractivity contribution in [3.63, 3.8) is 0 Å². The normalized spacial score (nSPS) is 10.4. The van der Waals surface area contributed by atoms with Crippen LogP contribution in [0.1, 0.15) is 0 Å². The molecular formula is C14H11N3. The van der Waals surface area contributed by atoms with E-state index in [0.29, 0.717) is 0 Å². The molecule has 0 aliphatic carbocycles. The number of hydrogen-bond donors (Lipinski definition) is 1. The van der Waals surface area contributed by atoms with Gasteiger partial charge >= 0.3 is 0 Å². The van der Waals surface area contributed by atoms with Crippen molar-refractivity contribution in [1.29, 1.82) is 0 Å². The molecule has 0 aliphatic heterocycles. The number of hydrogen-bond acceptors (Lipinski definition) is 2. The van der Waals surface area contributed by atoms with Gasteiger partial charge in [-0.25, -0.2) is 0 Å². The van der Waals surface area contributed by atoms with Crippen LogP contribution in [0.25, 0.3) is 22.8 Å². The summed E-state index contributed by atoms with van der Waals surface area (Å²) in [5.74, 6) is 0. The summed E-state index contributed by atoms with van der Waals surface area (Å²) in [5, 5.41) is 0. The summed E-state index contributed by atoms with van der Waals surface area (Å²) >= 11 is 0. The van der Waals surface area contributed by atoms with Crippen LogP contribution < -0.4 is 0 Å². The first kappa shape index (κ1) is 9.78. The maximum Gasteiger partial charge on any atom is 0.0864 e. The van der Waals surface area contributed by atoms with Crippen LogP contribution in [0.3, 0.4) is 0 Å². The standard InChI is InChI=1S/C14H11N3/c1-3-9-15-11(5-1)13-7-8-14(17-13)12-6-2-4-10-16-12/h1-10,17H. The minimum absolute atomic E-state index is 0.940. The third-order valence-corrected chi connectivity index (χ3v) is 2.57. The highest BCUT2D eigenvalue weighted by atomic mass is 14.8. The zero-order valence-electron chi connectivity index (χ0n) is 9.17. The van der Waals surface area contributed by atoms with Crippen LogP contribution in [-0.2, 0) is 0 Å². The molecule has 17 heavy (non-hydrogen) atoms. The third-order valence-electron chi connectivity index (χ3n) is 2.57. The summed E-state index contributed by atoms with van der Waals surface area (Å²) in [7, 11) is 0. The smallest absolute Gasteiger partial charge is 0.0864 e. The monoisotopic (exact) mass is 221 g/mol. The lowest BCUT2D eigenvalue weighted by Gasteiger charge is -1.97. The molecule has 0 spiro atoms. The Labute approximate surface area is 99.2 Å². The van der Waals surface area contributed by atoms with Crippen molar-refractivity contribution in [2.24, 2.45) is 0 Å². The molecule has 3 heterocycles. The summed E-state index contributed by atoms with van der Waals surface area (Å²) in [6, 6.07) is 15.8. The van der Waals surface area contributed by atoms with E-state index in [1.54, 1.807) is 12.4 Å². The van der Waals surface area contributed by atoms with Crippen LogP contribution in [0.15, 0.2) is 60.9 Å². The van der Waals surface area contributed by atoms with Crippen molar-refractivity contribution in [2.45, 2.75) is 0 Å². The average Bonchev–Trinajstić information content (AvgIpc) is 2.90. The van der Waals surface area contributed by atoms with Crippen LogP contribution in [-0.4, -0.2) is 15.0 Å². The van der Waals surface area contributed by atoms with E-state index in [0.717, 1.165) is 22.8 Å². The topological polar surface area (TPSA) is 41.6 Å². The molecule has 0 fully saturated rings. The number of rotatable bonds is 2. The molecule has 0 atom stereocenters. The molecule has 0 unspecified atom stereocenters. The van der Waals surface area contributed by atoms with E-state index in [-0.39, 0.29) is 0 Å². The van der Waals surface area contributed by atoms with Gasteiger partial charge in [-0.05, 0) is 36.4 Å². The Morgan fingerprint density at radius 1 is 0.647 bits per heavy atom. The number of nitrogens with one attached hydrogen (secondary N) is 1. The van der Waals surface area contributed by atoms with Gasteiger partial charge in [0.1, 0.15) is 0 Å². The van der Waals surface area contributed by atoms with E-state index in [2.05, 4.69) is 15.0 Å². The van der Waals surface area contributed by atoms with Gasteiger partial charge in [0.15, 0.2) is 0 Å². The van der Waals surface area contributed by atoms with Gasteiger partial charge < -0.3 is 4.98 Å². The summed E-state index contributed by atoms with van der Waals surface area (Å²) in [4.78, 5) is 11.9. The van der Waals surface area contributed by atoms with Gasteiger partial charge in [-0.15, -0.1) is 0 Å². The second kappa shape index (κ2) is 4.22. The Hall–Kier alpha value is -2.42. The van der Waals surface area contributed by atoms with Crippen molar-refractivity contribution in [3.05, 3.63) is 60.9 Å². The molecule has 82 valence electrons. The van der Waals surface area contributed by atoms with E-state index in [9.17, 15) is 0 Å². The van der Waals surface area contributed by atoms with Crippen molar-refractivity contribution in [3.8, 4) is 22.8 Å². The van der Waals surface area contributed by atoms with Crippen LogP contribution in [0.4, 0.5) is 0 Å². The van der Waals surface area contributed by atoms with Crippen LogP contribution >= 0.6 is 0 Å². The van der Waals surface area contributed by atoms with Gasteiger partial charge in [0.2, 0.25) is 0 Å². The van der Waals surface area contributed by atoms with Gasteiger partial charge in [-0.2, -0.15) is 0 Å². The molecule has 0 aliphatic rings. The molecule has 3 aromatic heterocycles. The first-order chi connectivity index (χ1) is 8.43. The Bertz CT molecular complexity index is 546. The van der Waals surface area contributed by atoms with Gasteiger partial charge in [0.25, 0.3) is 0 Å². The van der Waals surface area contributed by atoms with Crippen molar-refractivity contribution in [1.82, 2.24) is 15.0 Å². The minimum atomic E-state index is 0.940. The minimum Gasteiger partial charge on any atom is -0.352 e. The molecule has 1 N–H and O–H groups in total. The fourth-order valence-electron chi connectivity index (χ4n) is 1.74. The molecule has 0 saturated carbocycles. The highest BCUT2D eigenvalue weighted by molar-refractivity contribution is 5.63. The molecular weight excluding hydrogens is 210 g/mol. The number of pyridine rings is 2. The summed E-state index contributed by atoms with van der Waals surface area (Å²) < 4.78 is 0. The largest absolute Gasteiger partial charge is 0.352 e. The molecule has 3 aromatic rings. The van der Waals surface area contributed by atoms with E-state index in [1.807, 2.05) is 48.5 Å². The highest BCUT2D eigenvalue weighted by Crippen LogP contribution is 2.21. The quantitative estimate of drug-likeness (QED) is 0.722. The van der Waals surface area contributed by atoms with Crippen LogP contribution in [0.5, 0.6) is 0 Å². The maximum atomic E-state index is 4.30. The van der Waals surface area contributed by atoms with E-state index < -0.39 is 0 Å². The molecule has 3 heteroatoms. The Morgan fingerprint density at radius 3 is 1.59 bits per heavy atom. The Kier molecular flexibility index (Phi) is 2.43. The molecule has 3 nitrogen and oxygen atoms in total. The highest BCUT2D eigenvalue weighted by Gasteiger charge is 2.04. The Morgan fingerprint density at radius 2 is 1.18 bits per heavy atom. The van der Waals surface area contributed by atoms with Gasteiger partial charge in [0, 0.05) is 12.4 Å². The first-order valence-corrected chi connectivity index (χ1v) is 5.45. The summed E-state index contributed by atoms with van der Waals surface area (Å²) in [6.45, 7) is 0. The molecule has 0 amide bonds. The predicted molar refractivity (Wildman–Crippen MR) is 67.3 cm³/mol. The Balaban J connectivity index is 1.99. The lowest BCUT2D eigenvalue weighted by Crippen LogP contribution is -1.84. The zero-order valence-corrected chi connectivity index (χ0v) is 9.17. The van der Waals surface area contributed by atoms with E-state index in [1.165, 1.54) is 0 Å². The van der Waals surface area contributed by atoms with Crippen molar-refractivity contribution in [2.75, 3.05) is 0 Å². The second-order valence-corrected chi connectivity index (χ2v) is 3.72. The number of nitrogens with zero attached hydrogens (tertiary/aromatic N) is 2. The van der Waals surface area contributed by atoms with Gasteiger partial charge in [-0.1, -0.05) is 12.1 Å². The molecule has 0 aromatic carbocycles. The fourth-order valence-corrected chi connectivity index (χ4v) is 1.74. The second-order valence-electron chi connectivity index (χ2n) is 3.72. The first-order valence-electron chi connectivity index (χ1n) is 5.45.